The molecule has 4 N–H and O–H groups in total. The van der Waals surface area contributed by atoms with Crippen LogP contribution in [0.4, 0.5) is 5.69 Å². The largest absolute Gasteiger partial charge is 0.346 e. The van der Waals surface area contributed by atoms with Crippen LogP contribution in [0.3, 0.4) is 0 Å². The van der Waals surface area contributed by atoms with Crippen LogP contribution >= 0.6 is 0 Å². The van der Waals surface area contributed by atoms with Gasteiger partial charge in [0.1, 0.15) is 0 Å². The lowest BCUT2D eigenvalue weighted by atomic mass is 10.0. The van der Waals surface area contributed by atoms with Crippen molar-refractivity contribution in [1.29, 1.82) is 0 Å². The summed E-state index contributed by atoms with van der Waals surface area (Å²) in [6.07, 6.45) is 0.594. The number of amides is 2. The molecule has 2 amide bonds. The monoisotopic (exact) mass is 313 g/mol. The molecule has 0 spiro atoms. The van der Waals surface area contributed by atoms with Crippen molar-refractivity contribution < 1.29 is 9.59 Å². The van der Waals surface area contributed by atoms with E-state index in [0.717, 1.165) is 16.5 Å². The molecule has 5 heteroatoms. The quantitative estimate of drug-likeness (QED) is 0.765. The Hall–Kier alpha value is -2.40. The van der Waals surface area contributed by atoms with Gasteiger partial charge in [-0.15, -0.1) is 0 Å². The van der Waals surface area contributed by atoms with Gasteiger partial charge < -0.3 is 16.4 Å². The first kappa shape index (κ1) is 17.0. The maximum atomic E-state index is 12.0. The van der Waals surface area contributed by atoms with E-state index in [0.29, 0.717) is 12.3 Å². The Kier molecular flexibility index (Phi) is 5.71. The molecular weight excluding hydrogens is 290 g/mol. The number of carbonyl (C=O) groups excluding carboxylic acids is 2. The standard InChI is InChI=1S/C18H23N3O2/c1-12(2)10-15(19)18(23)20-11-17(22)21-16-9-5-7-13-6-3-4-8-14(13)16/h3-9,12,15H,10-11,19H2,1-2H3,(H,20,23)(H,21,22). The summed E-state index contributed by atoms with van der Waals surface area (Å²) in [5.41, 5.74) is 6.52. The van der Waals surface area contributed by atoms with Gasteiger partial charge in [-0.2, -0.15) is 0 Å². The first-order chi connectivity index (χ1) is 11.0. The van der Waals surface area contributed by atoms with E-state index in [2.05, 4.69) is 10.6 Å². The number of hydrogen-bond donors (Lipinski definition) is 3. The molecule has 2 aromatic carbocycles. The molecule has 1 atom stereocenters. The van der Waals surface area contributed by atoms with E-state index in [-0.39, 0.29) is 18.4 Å². The molecule has 0 heterocycles. The van der Waals surface area contributed by atoms with Gasteiger partial charge in [0.15, 0.2) is 0 Å². The van der Waals surface area contributed by atoms with Crippen molar-refractivity contribution in [2.45, 2.75) is 26.3 Å². The van der Waals surface area contributed by atoms with Crippen LogP contribution < -0.4 is 16.4 Å². The van der Waals surface area contributed by atoms with E-state index in [1.54, 1.807) is 0 Å². The highest BCUT2D eigenvalue weighted by atomic mass is 16.2. The van der Waals surface area contributed by atoms with Gasteiger partial charge in [0.25, 0.3) is 0 Å². The fraction of sp³-hybridized carbons (Fsp3) is 0.333. The minimum atomic E-state index is -0.583. The summed E-state index contributed by atoms with van der Waals surface area (Å²) >= 11 is 0. The molecule has 0 saturated carbocycles. The third-order valence-corrected chi connectivity index (χ3v) is 3.55. The van der Waals surface area contributed by atoms with E-state index in [1.807, 2.05) is 56.3 Å². The summed E-state index contributed by atoms with van der Waals surface area (Å²) in [6, 6.07) is 12.9. The van der Waals surface area contributed by atoms with Gasteiger partial charge in [-0.1, -0.05) is 50.2 Å². The molecule has 0 bridgehead atoms. The second kappa shape index (κ2) is 7.74. The molecule has 0 radical (unpaired) electrons. The highest BCUT2D eigenvalue weighted by Gasteiger charge is 2.15. The van der Waals surface area contributed by atoms with Gasteiger partial charge in [0, 0.05) is 11.1 Å². The lowest BCUT2D eigenvalue weighted by Crippen LogP contribution is -2.44. The summed E-state index contributed by atoms with van der Waals surface area (Å²) < 4.78 is 0. The smallest absolute Gasteiger partial charge is 0.243 e. The van der Waals surface area contributed by atoms with E-state index in [9.17, 15) is 9.59 Å². The SMILES string of the molecule is CC(C)CC(N)C(=O)NCC(=O)Nc1cccc2ccccc12. The predicted octanol–water partition coefficient (Wildman–Crippen LogP) is 2.27. The zero-order valence-electron chi connectivity index (χ0n) is 13.5. The molecule has 0 aliphatic rings. The molecule has 0 aliphatic carbocycles. The van der Waals surface area contributed by atoms with Gasteiger partial charge in [-0.3, -0.25) is 9.59 Å². The number of hydrogen-bond acceptors (Lipinski definition) is 3. The van der Waals surface area contributed by atoms with Crippen molar-refractivity contribution in [1.82, 2.24) is 5.32 Å². The number of nitrogens with two attached hydrogens (primary N) is 1. The summed E-state index contributed by atoms with van der Waals surface area (Å²) in [7, 11) is 0. The van der Waals surface area contributed by atoms with Crippen molar-refractivity contribution in [2.75, 3.05) is 11.9 Å². The predicted molar refractivity (Wildman–Crippen MR) is 93.0 cm³/mol. The first-order valence-electron chi connectivity index (χ1n) is 7.78. The van der Waals surface area contributed by atoms with E-state index in [1.165, 1.54) is 0 Å². The van der Waals surface area contributed by atoms with Crippen molar-refractivity contribution in [3.8, 4) is 0 Å². The van der Waals surface area contributed by atoms with Crippen LogP contribution in [0.1, 0.15) is 20.3 Å². The topological polar surface area (TPSA) is 84.2 Å². The van der Waals surface area contributed by atoms with Gasteiger partial charge in [-0.05, 0) is 23.8 Å². The lowest BCUT2D eigenvalue weighted by Gasteiger charge is -2.14. The summed E-state index contributed by atoms with van der Waals surface area (Å²) in [5.74, 6) is -0.238. The molecule has 2 aromatic rings. The van der Waals surface area contributed by atoms with E-state index in [4.69, 9.17) is 5.73 Å². The molecule has 0 saturated heterocycles. The average Bonchev–Trinajstić information content (AvgIpc) is 2.52. The molecule has 0 aliphatic heterocycles. The average molecular weight is 313 g/mol. The maximum Gasteiger partial charge on any atom is 0.243 e. The van der Waals surface area contributed by atoms with Crippen LogP contribution in [0, 0.1) is 5.92 Å². The van der Waals surface area contributed by atoms with Crippen LogP contribution in [0.15, 0.2) is 42.5 Å². The Bertz CT molecular complexity index is 692. The Labute approximate surface area is 136 Å². The zero-order valence-corrected chi connectivity index (χ0v) is 13.5. The van der Waals surface area contributed by atoms with Crippen LogP contribution in [0.5, 0.6) is 0 Å². The van der Waals surface area contributed by atoms with Crippen LogP contribution in [0.25, 0.3) is 10.8 Å². The Morgan fingerprint density at radius 3 is 2.52 bits per heavy atom. The minimum absolute atomic E-state index is 0.0894. The zero-order chi connectivity index (χ0) is 16.8. The highest BCUT2D eigenvalue weighted by Crippen LogP contribution is 2.22. The van der Waals surface area contributed by atoms with E-state index >= 15 is 0 Å². The molecule has 5 nitrogen and oxygen atoms in total. The number of benzene rings is 2. The Balaban J connectivity index is 1.93. The summed E-state index contributed by atoms with van der Waals surface area (Å²) in [6.45, 7) is 3.91. The van der Waals surface area contributed by atoms with E-state index < -0.39 is 6.04 Å². The molecule has 0 aromatic heterocycles. The van der Waals surface area contributed by atoms with Gasteiger partial charge in [-0.25, -0.2) is 0 Å². The highest BCUT2D eigenvalue weighted by molar-refractivity contribution is 6.03. The Morgan fingerprint density at radius 2 is 1.78 bits per heavy atom. The first-order valence-corrected chi connectivity index (χ1v) is 7.78. The van der Waals surface area contributed by atoms with Gasteiger partial charge in [0.05, 0.1) is 12.6 Å². The third kappa shape index (κ3) is 4.79. The van der Waals surface area contributed by atoms with Crippen LogP contribution in [-0.2, 0) is 9.59 Å². The van der Waals surface area contributed by atoms with Crippen molar-refractivity contribution in [3.05, 3.63) is 42.5 Å². The summed E-state index contributed by atoms with van der Waals surface area (Å²) in [5, 5.41) is 7.42. The number of fused-ring (bicyclic) bond motifs is 1. The third-order valence-electron chi connectivity index (χ3n) is 3.55. The number of rotatable bonds is 6. The second-order valence-electron chi connectivity index (χ2n) is 6.03. The molecule has 0 fully saturated rings. The van der Waals surface area contributed by atoms with Crippen molar-refractivity contribution in [3.63, 3.8) is 0 Å². The Morgan fingerprint density at radius 1 is 1.09 bits per heavy atom. The van der Waals surface area contributed by atoms with Crippen LogP contribution in [0.2, 0.25) is 0 Å². The normalized spacial score (nSPS) is 12.2. The van der Waals surface area contributed by atoms with Gasteiger partial charge in [0.2, 0.25) is 11.8 Å². The van der Waals surface area contributed by atoms with Gasteiger partial charge >= 0.3 is 0 Å². The molecule has 2 rings (SSSR count). The fourth-order valence-corrected chi connectivity index (χ4v) is 2.44. The number of anilines is 1. The van der Waals surface area contributed by atoms with Crippen molar-refractivity contribution >= 4 is 28.3 Å². The molecule has 1 unspecified atom stereocenters. The minimum Gasteiger partial charge on any atom is -0.346 e. The fourth-order valence-electron chi connectivity index (χ4n) is 2.44. The van der Waals surface area contributed by atoms with Crippen LogP contribution in [-0.4, -0.2) is 24.4 Å². The molecular formula is C18H23N3O2. The van der Waals surface area contributed by atoms with Crippen molar-refractivity contribution in [2.24, 2.45) is 11.7 Å². The second-order valence-corrected chi connectivity index (χ2v) is 6.03. The maximum absolute atomic E-state index is 12.0. The molecule has 122 valence electrons. The summed E-state index contributed by atoms with van der Waals surface area (Å²) in [4.78, 5) is 23.9. The number of nitrogens with one attached hydrogen (secondary N) is 2. The number of carbonyl (C=O) groups is 2. The lowest BCUT2D eigenvalue weighted by molar-refractivity contribution is -0.125. The molecule has 23 heavy (non-hydrogen) atoms.